The van der Waals surface area contributed by atoms with Crippen LogP contribution in [0.2, 0.25) is 0 Å². The van der Waals surface area contributed by atoms with Crippen molar-refractivity contribution >= 4 is 5.82 Å². The summed E-state index contributed by atoms with van der Waals surface area (Å²) in [5.41, 5.74) is 3.48. The van der Waals surface area contributed by atoms with Gasteiger partial charge in [-0.2, -0.15) is 4.98 Å². The lowest BCUT2D eigenvalue weighted by atomic mass is 10.1. The fourth-order valence-electron chi connectivity index (χ4n) is 3.37. The second kappa shape index (κ2) is 7.66. The monoisotopic (exact) mass is 349 g/mol. The standard InChI is InChI=1S/C20H23N5O/c1-15-23-20(26-24-15)18-9-6-10-21-19(18)22-13-16-7-2-3-8-17(16)14-25-11-4-5-12-25/h2-3,6-10H,4-5,11-14H2,1H3,(H,21,22). The van der Waals surface area contributed by atoms with Gasteiger partial charge in [0.25, 0.3) is 5.89 Å². The Morgan fingerprint density at radius 1 is 1.08 bits per heavy atom. The van der Waals surface area contributed by atoms with E-state index < -0.39 is 0 Å². The van der Waals surface area contributed by atoms with Crippen LogP contribution in [0.4, 0.5) is 5.82 Å². The molecule has 1 fully saturated rings. The van der Waals surface area contributed by atoms with E-state index in [1.165, 1.54) is 37.1 Å². The van der Waals surface area contributed by atoms with Crippen molar-refractivity contribution in [2.24, 2.45) is 0 Å². The number of nitrogens with one attached hydrogen (secondary N) is 1. The summed E-state index contributed by atoms with van der Waals surface area (Å²) in [6, 6.07) is 12.4. The third kappa shape index (κ3) is 3.75. The van der Waals surface area contributed by atoms with E-state index in [0.29, 0.717) is 18.3 Å². The topological polar surface area (TPSA) is 67.1 Å². The molecular weight excluding hydrogens is 326 g/mol. The van der Waals surface area contributed by atoms with Crippen molar-refractivity contribution in [3.8, 4) is 11.5 Å². The first-order valence-electron chi connectivity index (χ1n) is 9.08. The van der Waals surface area contributed by atoms with Crippen LogP contribution in [0.15, 0.2) is 47.1 Å². The van der Waals surface area contributed by atoms with Crippen molar-refractivity contribution in [2.45, 2.75) is 32.9 Å². The molecule has 26 heavy (non-hydrogen) atoms. The summed E-state index contributed by atoms with van der Waals surface area (Å²) >= 11 is 0. The van der Waals surface area contributed by atoms with E-state index in [4.69, 9.17) is 4.52 Å². The fraction of sp³-hybridized carbons (Fsp3) is 0.350. The summed E-state index contributed by atoms with van der Waals surface area (Å²) in [6.07, 6.45) is 4.38. The average molecular weight is 349 g/mol. The molecule has 0 radical (unpaired) electrons. The molecule has 1 aliphatic rings. The quantitative estimate of drug-likeness (QED) is 0.733. The normalized spacial score (nSPS) is 14.7. The molecule has 0 atom stereocenters. The summed E-state index contributed by atoms with van der Waals surface area (Å²) in [5.74, 6) is 1.86. The number of hydrogen-bond donors (Lipinski definition) is 1. The molecule has 6 nitrogen and oxygen atoms in total. The van der Waals surface area contributed by atoms with Gasteiger partial charge in [-0.05, 0) is 56.1 Å². The molecule has 1 aromatic carbocycles. The second-order valence-electron chi connectivity index (χ2n) is 6.65. The Labute approximate surface area is 153 Å². The number of aromatic nitrogens is 3. The molecule has 1 saturated heterocycles. The van der Waals surface area contributed by atoms with Crippen LogP contribution < -0.4 is 5.32 Å². The van der Waals surface area contributed by atoms with E-state index in [1.807, 2.05) is 19.1 Å². The zero-order valence-electron chi connectivity index (χ0n) is 15.0. The van der Waals surface area contributed by atoms with Crippen molar-refractivity contribution in [1.29, 1.82) is 0 Å². The van der Waals surface area contributed by atoms with Crippen LogP contribution in [0.3, 0.4) is 0 Å². The molecule has 2 aromatic heterocycles. The third-order valence-electron chi connectivity index (χ3n) is 4.72. The molecule has 6 heteroatoms. The van der Waals surface area contributed by atoms with E-state index in [2.05, 4.69) is 49.6 Å². The van der Waals surface area contributed by atoms with Gasteiger partial charge in [0.1, 0.15) is 5.82 Å². The number of rotatable bonds is 6. The van der Waals surface area contributed by atoms with Gasteiger partial charge >= 0.3 is 0 Å². The lowest BCUT2D eigenvalue weighted by molar-refractivity contribution is 0.330. The summed E-state index contributed by atoms with van der Waals surface area (Å²) in [7, 11) is 0. The number of pyridine rings is 1. The minimum absolute atomic E-state index is 0.489. The molecule has 0 bridgehead atoms. The maximum atomic E-state index is 5.31. The van der Waals surface area contributed by atoms with Gasteiger partial charge in [-0.3, -0.25) is 4.90 Å². The molecule has 0 unspecified atom stereocenters. The molecular formula is C20H23N5O. The molecule has 1 aliphatic heterocycles. The smallest absolute Gasteiger partial charge is 0.261 e. The zero-order valence-corrected chi connectivity index (χ0v) is 15.0. The third-order valence-corrected chi connectivity index (χ3v) is 4.72. The summed E-state index contributed by atoms with van der Waals surface area (Å²) in [5, 5.41) is 7.32. The lowest BCUT2D eigenvalue weighted by Crippen LogP contribution is -2.19. The predicted molar refractivity (Wildman–Crippen MR) is 101 cm³/mol. The van der Waals surface area contributed by atoms with Gasteiger partial charge in [-0.1, -0.05) is 29.4 Å². The van der Waals surface area contributed by atoms with Crippen molar-refractivity contribution in [2.75, 3.05) is 18.4 Å². The molecule has 1 N–H and O–H groups in total. The fourth-order valence-corrected chi connectivity index (χ4v) is 3.37. The Kier molecular flexibility index (Phi) is 4.93. The molecule has 0 amide bonds. The number of likely N-dealkylation sites (tertiary alicyclic amines) is 1. The van der Waals surface area contributed by atoms with Crippen LogP contribution in [0, 0.1) is 6.92 Å². The highest BCUT2D eigenvalue weighted by Gasteiger charge is 2.15. The van der Waals surface area contributed by atoms with Crippen molar-refractivity contribution in [3.63, 3.8) is 0 Å². The Hall–Kier alpha value is -2.73. The van der Waals surface area contributed by atoms with Gasteiger partial charge in [-0.15, -0.1) is 0 Å². The Balaban J connectivity index is 1.51. The van der Waals surface area contributed by atoms with Crippen LogP contribution in [0.25, 0.3) is 11.5 Å². The Bertz CT molecular complexity index is 870. The van der Waals surface area contributed by atoms with Crippen LogP contribution >= 0.6 is 0 Å². The predicted octanol–water partition coefficient (Wildman–Crippen LogP) is 3.65. The van der Waals surface area contributed by atoms with Crippen LogP contribution in [-0.2, 0) is 13.1 Å². The molecule has 0 aliphatic carbocycles. The second-order valence-corrected chi connectivity index (χ2v) is 6.65. The first-order valence-corrected chi connectivity index (χ1v) is 9.08. The van der Waals surface area contributed by atoms with Gasteiger partial charge in [0.2, 0.25) is 0 Å². The highest BCUT2D eigenvalue weighted by Crippen LogP contribution is 2.25. The summed E-state index contributed by atoms with van der Waals surface area (Å²) in [4.78, 5) is 11.3. The maximum Gasteiger partial charge on any atom is 0.261 e. The Morgan fingerprint density at radius 3 is 2.65 bits per heavy atom. The SMILES string of the molecule is Cc1noc(-c2cccnc2NCc2ccccc2CN2CCCC2)n1. The first kappa shape index (κ1) is 16.7. The van der Waals surface area contributed by atoms with Crippen molar-refractivity contribution < 1.29 is 4.52 Å². The maximum absolute atomic E-state index is 5.31. The van der Waals surface area contributed by atoms with E-state index in [-0.39, 0.29) is 0 Å². The minimum Gasteiger partial charge on any atom is -0.365 e. The first-order chi connectivity index (χ1) is 12.8. The largest absolute Gasteiger partial charge is 0.365 e. The minimum atomic E-state index is 0.489. The zero-order chi connectivity index (χ0) is 17.8. The number of anilines is 1. The number of aryl methyl sites for hydroxylation is 1. The Morgan fingerprint density at radius 2 is 1.88 bits per heavy atom. The van der Waals surface area contributed by atoms with E-state index >= 15 is 0 Å². The molecule has 0 spiro atoms. The van der Waals surface area contributed by atoms with Crippen molar-refractivity contribution in [1.82, 2.24) is 20.0 Å². The van der Waals surface area contributed by atoms with Gasteiger partial charge in [0, 0.05) is 19.3 Å². The molecule has 0 saturated carbocycles. The molecule has 3 aromatic rings. The van der Waals surface area contributed by atoms with Gasteiger partial charge in [0.15, 0.2) is 5.82 Å². The molecule has 134 valence electrons. The van der Waals surface area contributed by atoms with Crippen LogP contribution in [0.1, 0.15) is 29.8 Å². The summed E-state index contributed by atoms with van der Waals surface area (Å²) < 4.78 is 5.31. The highest BCUT2D eigenvalue weighted by molar-refractivity contribution is 5.68. The molecule has 3 heterocycles. The average Bonchev–Trinajstić information content (AvgIpc) is 3.33. The van der Waals surface area contributed by atoms with Gasteiger partial charge in [-0.25, -0.2) is 4.98 Å². The van der Waals surface area contributed by atoms with E-state index in [1.54, 1.807) is 6.20 Å². The number of hydrogen-bond acceptors (Lipinski definition) is 6. The number of nitrogens with zero attached hydrogens (tertiary/aromatic N) is 4. The van der Waals surface area contributed by atoms with E-state index in [0.717, 1.165) is 17.9 Å². The van der Waals surface area contributed by atoms with Gasteiger partial charge < -0.3 is 9.84 Å². The lowest BCUT2D eigenvalue weighted by Gasteiger charge is -2.18. The number of benzene rings is 1. The summed E-state index contributed by atoms with van der Waals surface area (Å²) in [6.45, 7) is 5.92. The van der Waals surface area contributed by atoms with Crippen LogP contribution in [-0.4, -0.2) is 33.1 Å². The molecule has 4 rings (SSSR count). The van der Waals surface area contributed by atoms with Gasteiger partial charge in [0.05, 0.1) is 5.56 Å². The highest BCUT2D eigenvalue weighted by atomic mass is 16.5. The van der Waals surface area contributed by atoms with E-state index in [9.17, 15) is 0 Å². The van der Waals surface area contributed by atoms with Crippen molar-refractivity contribution in [3.05, 3.63) is 59.5 Å². The van der Waals surface area contributed by atoms with Crippen LogP contribution in [0.5, 0.6) is 0 Å².